The molecule has 5 nitrogen and oxygen atoms in total. The lowest BCUT2D eigenvalue weighted by atomic mass is 10.2. The second-order valence-electron chi connectivity index (χ2n) is 4.69. The van der Waals surface area contributed by atoms with Crippen LogP contribution in [0.15, 0.2) is 24.3 Å². The molecule has 1 fully saturated rings. The van der Waals surface area contributed by atoms with Gasteiger partial charge in [0.2, 0.25) is 10.0 Å². The number of halogens is 1. The first-order chi connectivity index (χ1) is 8.78. The lowest BCUT2D eigenvalue weighted by Crippen LogP contribution is -2.45. The summed E-state index contributed by atoms with van der Waals surface area (Å²) in [5.74, 6) is -1.34. The number of hydrogen-bond acceptors (Lipinski definition) is 3. The number of sulfonamides is 1. The second-order valence-corrected chi connectivity index (χ2v) is 7.13. The number of carboxylic acid groups (broad SMARTS) is 1. The molecule has 0 heterocycles. The minimum Gasteiger partial charge on any atom is -0.480 e. The van der Waals surface area contributed by atoms with E-state index in [1.807, 2.05) is 0 Å². The van der Waals surface area contributed by atoms with Crippen molar-refractivity contribution in [2.45, 2.75) is 24.1 Å². The molecular formula is C12H14ClNO4S. The van der Waals surface area contributed by atoms with E-state index in [0.717, 1.165) is 4.31 Å². The number of aliphatic carboxylic acids is 1. The quantitative estimate of drug-likeness (QED) is 0.898. The van der Waals surface area contributed by atoms with Crippen molar-refractivity contribution < 1.29 is 18.3 Å². The predicted molar refractivity (Wildman–Crippen MR) is 71.4 cm³/mol. The van der Waals surface area contributed by atoms with Crippen LogP contribution in [0, 0.1) is 0 Å². The summed E-state index contributed by atoms with van der Waals surface area (Å²) in [6.07, 6.45) is 0.710. The average molecular weight is 304 g/mol. The highest BCUT2D eigenvalue weighted by Crippen LogP contribution is 2.43. The lowest BCUT2D eigenvalue weighted by Gasteiger charge is -2.23. The highest BCUT2D eigenvalue weighted by molar-refractivity contribution is 7.88. The normalized spacial score (nSPS) is 17.4. The largest absolute Gasteiger partial charge is 0.480 e. The van der Waals surface area contributed by atoms with Gasteiger partial charge in [-0.1, -0.05) is 23.7 Å². The van der Waals surface area contributed by atoms with Crippen LogP contribution in [0.3, 0.4) is 0 Å². The highest BCUT2D eigenvalue weighted by Gasteiger charge is 2.57. The van der Waals surface area contributed by atoms with Gasteiger partial charge in [0, 0.05) is 12.1 Å². The Hall–Kier alpha value is -1.11. The van der Waals surface area contributed by atoms with Crippen molar-refractivity contribution >= 4 is 27.6 Å². The molecule has 1 N–H and O–H groups in total. The van der Waals surface area contributed by atoms with Crippen molar-refractivity contribution in [3.8, 4) is 0 Å². The first-order valence-electron chi connectivity index (χ1n) is 5.72. The van der Waals surface area contributed by atoms with Gasteiger partial charge in [0.25, 0.3) is 0 Å². The summed E-state index contributed by atoms with van der Waals surface area (Å²) < 4.78 is 25.4. The third-order valence-electron chi connectivity index (χ3n) is 3.38. The van der Waals surface area contributed by atoms with Crippen LogP contribution in [0.25, 0.3) is 0 Å². The summed E-state index contributed by atoms with van der Waals surface area (Å²) in [5, 5.41) is 9.57. The van der Waals surface area contributed by atoms with Crippen LogP contribution in [0.5, 0.6) is 0 Å². The second kappa shape index (κ2) is 4.77. The van der Waals surface area contributed by atoms with E-state index in [9.17, 15) is 13.2 Å². The molecule has 1 aliphatic rings. The minimum atomic E-state index is -3.68. The van der Waals surface area contributed by atoms with Crippen LogP contribution in [-0.2, 0) is 20.6 Å². The standard InChI is InChI=1S/C12H14ClNO4S/c1-14(12(5-6-12)11(15)16)19(17,18)8-9-3-2-4-10(13)7-9/h2-4,7H,5-6,8H2,1H3,(H,15,16). The first-order valence-corrected chi connectivity index (χ1v) is 7.71. The van der Waals surface area contributed by atoms with Gasteiger partial charge in [0.05, 0.1) is 5.75 Å². The predicted octanol–water partition coefficient (Wildman–Crippen LogP) is 1.72. The molecule has 0 spiro atoms. The Morgan fingerprint density at radius 3 is 2.58 bits per heavy atom. The number of hydrogen-bond donors (Lipinski definition) is 1. The van der Waals surface area contributed by atoms with E-state index in [2.05, 4.69) is 0 Å². The van der Waals surface area contributed by atoms with E-state index in [1.54, 1.807) is 24.3 Å². The van der Waals surface area contributed by atoms with Gasteiger partial charge in [0.15, 0.2) is 0 Å². The zero-order chi connectivity index (χ0) is 14.3. The van der Waals surface area contributed by atoms with E-state index >= 15 is 0 Å². The van der Waals surface area contributed by atoms with E-state index < -0.39 is 21.5 Å². The number of carboxylic acids is 1. The Balaban J connectivity index is 2.22. The Labute approximate surface area is 116 Å². The van der Waals surface area contributed by atoms with Crippen LogP contribution in [-0.4, -0.2) is 36.4 Å². The van der Waals surface area contributed by atoms with Crippen LogP contribution in [0.4, 0.5) is 0 Å². The van der Waals surface area contributed by atoms with Gasteiger partial charge in [-0.15, -0.1) is 0 Å². The molecular weight excluding hydrogens is 290 g/mol. The lowest BCUT2D eigenvalue weighted by molar-refractivity contribution is -0.142. The Bertz CT molecular complexity index is 610. The molecule has 1 aromatic rings. The van der Waals surface area contributed by atoms with E-state index in [0.29, 0.717) is 23.4 Å². The van der Waals surface area contributed by atoms with Gasteiger partial charge in [-0.05, 0) is 30.5 Å². The maximum absolute atomic E-state index is 12.2. The molecule has 0 bridgehead atoms. The van der Waals surface area contributed by atoms with Crippen molar-refractivity contribution in [2.24, 2.45) is 0 Å². The molecule has 1 aromatic carbocycles. The highest BCUT2D eigenvalue weighted by atomic mass is 35.5. The molecule has 0 radical (unpaired) electrons. The minimum absolute atomic E-state index is 0.251. The number of carbonyl (C=O) groups is 1. The summed E-state index contributed by atoms with van der Waals surface area (Å²) in [7, 11) is -2.36. The topological polar surface area (TPSA) is 74.7 Å². The van der Waals surface area contributed by atoms with Crippen molar-refractivity contribution in [3.63, 3.8) is 0 Å². The zero-order valence-electron chi connectivity index (χ0n) is 10.3. The van der Waals surface area contributed by atoms with Gasteiger partial charge < -0.3 is 5.11 Å². The maximum Gasteiger partial charge on any atom is 0.325 e. The van der Waals surface area contributed by atoms with Crippen molar-refractivity contribution in [1.29, 1.82) is 0 Å². The summed E-state index contributed by atoms with van der Waals surface area (Å²) in [5.41, 5.74) is -0.710. The fourth-order valence-corrected chi connectivity index (χ4v) is 3.78. The van der Waals surface area contributed by atoms with E-state index in [1.165, 1.54) is 7.05 Å². The van der Waals surface area contributed by atoms with Gasteiger partial charge in [-0.2, -0.15) is 4.31 Å². The van der Waals surface area contributed by atoms with Crippen LogP contribution in [0.1, 0.15) is 18.4 Å². The molecule has 1 aliphatic carbocycles. The van der Waals surface area contributed by atoms with Crippen LogP contribution >= 0.6 is 11.6 Å². The summed E-state index contributed by atoms with van der Waals surface area (Å²) >= 11 is 5.80. The molecule has 19 heavy (non-hydrogen) atoms. The third kappa shape index (κ3) is 2.75. The smallest absolute Gasteiger partial charge is 0.325 e. The summed E-state index contributed by atoms with van der Waals surface area (Å²) in [6, 6.07) is 6.53. The van der Waals surface area contributed by atoms with Crippen molar-refractivity contribution in [3.05, 3.63) is 34.9 Å². The maximum atomic E-state index is 12.2. The molecule has 2 rings (SSSR count). The molecule has 0 aliphatic heterocycles. The van der Waals surface area contributed by atoms with Crippen LogP contribution in [0.2, 0.25) is 5.02 Å². The molecule has 7 heteroatoms. The van der Waals surface area contributed by atoms with Gasteiger partial charge >= 0.3 is 5.97 Å². The number of benzene rings is 1. The van der Waals surface area contributed by atoms with E-state index in [-0.39, 0.29) is 5.75 Å². The Kier molecular flexibility index (Phi) is 3.59. The summed E-state index contributed by atoms with van der Waals surface area (Å²) in [4.78, 5) is 11.2. The fourth-order valence-electron chi connectivity index (χ4n) is 1.98. The SMILES string of the molecule is CN(C1(C(=O)O)CC1)S(=O)(=O)Cc1cccc(Cl)c1. The molecule has 0 aromatic heterocycles. The molecule has 0 saturated heterocycles. The number of rotatable bonds is 5. The number of likely N-dealkylation sites (N-methyl/N-ethyl adjacent to an activating group) is 1. The molecule has 0 amide bonds. The zero-order valence-corrected chi connectivity index (χ0v) is 11.9. The third-order valence-corrected chi connectivity index (χ3v) is 5.50. The monoisotopic (exact) mass is 303 g/mol. The first kappa shape index (κ1) is 14.3. The Morgan fingerprint density at radius 2 is 2.11 bits per heavy atom. The molecule has 104 valence electrons. The van der Waals surface area contributed by atoms with Gasteiger partial charge in [0.1, 0.15) is 5.54 Å². The van der Waals surface area contributed by atoms with Crippen molar-refractivity contribution in [1.82, 2.24) is 4.31 Å². The van der Waals surface area contributed by atoms with Crippen LogP contribution < -0.4 is 0 Å². The Morgan fingerprint density at radius 1 is 1.47 bits per heavy atom. The summed E-state index contributed by atoms with van der Waals surface area (Å²) in [6.45, 7) is 0. The average Bonchev–Trinajstić information content (AvgIpc) is 3.08. The van der Waals surface area contributed by atoms with E-state index in [4.69, 9.17) is 16.7 Å². The molecule has 0 unspecified atom stereocenters. The van der Waals surface area contributed by atoms with Crippen molar-refractivity contribution in [2.75, 3.05) is 7.05 Å². The molecule has 1 saturated carbocycles. The molecule has 0 atom stereocenters. The fraction of sp³-hybridized carbons (Fsp3) is 0.417. The van der Waals surface area contributed by atoms with Gasteiger partial charge in [-0.25, -0.2) is 8.42 Å². The van der Waals surface area contributed by atoms with Gasteiger partial charge in [-0.3, -0.25) is 4.79 Å². The number of nitrogens with zero attached hydrogens (tertiary/aromatic N) is 1.